The van der Waals surface area contributed by atoms with E-state index in [2.05, 4.69) is 0 Å². The first-order chi connectivity index (χ1) is 10.9. The number of benzene rings is 1. The highest BCUT2D eigenvalue weighted by Crippen LogP contribution is 2.24. The van der Waals surface area contributed by atoms with Crippen molar-refractivity contribution in [1.82, 2.24) is 4.90 Å². The topological polar surface area (TPSA) is 37.4 Å². The normalized spacial score (nSPS) is 18.4. The summed E-state index contributed by atoms with van der Waals surface area (Å²) >= 11 is 0. The summed E-state index contributed by atoms with van der Waals surface area (Å²) in [5, 5.41) is 0.111. The van der Waals surface area contributed by atoms with Gasteiger partial charge in [-0.2, -0.15) is 0 Å². The van der Waals surface area contributed by atoms with E-state index in [-0.39, 0.29) is 16.9 Å². The maximum atomic E-state index is 13.3. The molecule has 1 aliphatic rings. The molecule has 1 aromatic carbocycles. The van der Waals surface area contributed by atoms with Gasteiger partial charge < -0.3 is 4.90 Å². The molecule has 0 saturated heterocycles. The standard InChI is InChI=1S/C17H23F2NO2S/c1-12(13-8-9-15(18)16(19)10-13)20(2)17(21)11-23(22)14-6-4-3-5-7-14/h8-10,12,14H,3-7,11H2,1-2H3/t12-,23-/m1/s1. The number of hydrogen-bond donors (Lipinski definition) is 0. The predicted octanol–water partition coefficient (Wildman–Crippen LogP) is 3.57. The van der Waals surface area contributed by atoms with Crippen molar-refractivity contribution in [3.63, 3.8) is 0 Å². The van der Waals surface area contributed by atoms with Gasteiger partial charge in [0.2, 0.25) is 5.91 Å². The zero-order chi connectivity index (χ0) is 17.0. The van der Waals surface area contributed by atoms with Crippen LogP contribution in [-0.2, 0) is 15.6 Å². The molecule has 128 valence electrons. The second-order valence-corrected chi connectivity index (χ2v) is 7.86. The van der Waals surface area contributed by atoms with E-state index in [1.54, 1.807) is 14.0 Å². The second kappa shape index (κ2) is 7.99. The van der Waals surface area contributed by atoms with E-state index in [9.17, 15) is 17.8 Å². The van der Waals surface area contributed by atoms with Crippen LogP contribution in [0, 0.1) is 11.6 Å². The van der Waals surface area contributed by atoms with Crippen molar-refractivity contribution in [3.05, 3.63) is 35.4 Å². The molecular formula is C17H23F2NO2S. The Balaban J connectivity index is 1.97. The highest BCUT2D eigenvalue weighted by Gasteiger charge is 2.25. The molecule has 0 aromatic heterocycles. The number of halogens is 2. The lowest BCUT2D eigenvalue weighted by molar-refractivity contribution is -0.129. The molecule has 0 N–H and O–H groups in total. The number of amides is 1. The van der Waals surface area contributed by atoms with Crippen LogP contribution >= 0.6 is 0 Å². The zero-order valence-corrected chi connectivity index (χ0v) is 14.4. The minimum Gasteiger partial charge on any atom is -0.338 e. The molecule has 1 amide bonds. The van der Waals surface area contributed by atoms with Crippen LogP contribution in [0.3, 0.4) is 0 Å². The van der Waals surface area contributed by atoms with Gasteiger partial charge in [-0.15, -0.1) is 0 Å². The largest absolute Gasteiger partial charge is 0.338 e. The van der Waals surface area contributed by atoms with Crippen molar-refractivity contribution in [2.45, 2.75) is 50.3 Å². The summed E-state index contributed by atoms with van der Waals surface area (Å²) in [7, 11) is 0.440. The quantitative estimate of drug-likeness (QED) is 0.820. The van der Waals surface area contributed by atoms with Crippen LogP contribution in [0.2, 0.25) is 0 Å². The molecule has 1 aliphatic carbocycles. The predicted molar refractivity (Wildman–Crippen MR) is 87.4 cm³/mol. The van der Waals surface area contributed by atoms with Crippen molar-refractivity contribution in [1.29, 1.82) is 0 Å². The number of nitrogens with zero attached hydrogens (tertiary/aromatic N) is 1. The second-order valence-electron chi connectivity index (χ2n) is 6.14. The molecule has 1 saturated carbocycles. The van der Waals surface area contributed by atoms with Crippen LogP contribution in [0.25, 0.3) is 0 Å². The molecule has 2 atom stereocenters. The number of rotatable bonds is 5. The van der Waals surface area contributed by atoms with Gasteiger partial charge in [-0.25, -0.2) is 8.78 Å². The Morgan fingerprint density at radius 1 is 1.26 bits per heavy atom. The lowest BCUT2D eigenvalue weighted by atomic mass is 10.0. The molecule has 3 nitrogen and oxygen atoms in total. The van der Waals surface area contributed by atoms with Crippen LogP contribution < -0.4 is 0 Å². The molecule has 0 unspecified atom stereocenters. The Morgan fingerprint density at radius 3 is 2.52 bits per heavy atom. The Kier molecular flexibility index (Phi) is 6.27. The summed E-state index contributed by atoms with van der Waals surface area (Å²) in [4.78, 5) is 13.8. The molecule has 1 aromatic rings. The maximum absolute atomic E-state index is 13.3. The van der Waals surface area contributed by atoms with Gasteiger partial charge in [-0.1, -0.05) is 25.3 Å². The third kappa shape index (κ3) is 4.59. The summed E-state index contributed by atoms with van der Waals surface area (Å²) < 4.78 is 38.7. The molecule has 0 bridgehead atoms. The van der Waals surface area contributed by atoms with Gasteiger partial charge in [0.05, 0.1) is 6.04 Å². The number of carbonyl (C=O) groups is 1. The average molecular weight is 343 g/mol. The van der Waals surface area contributed by atoms with Crippen LogP contribution in [0.4, 0.5) is 8.78 Å². The van der Waals surface area contributed by atoms with E-state index < -0.39 is 28.5 Å². The Labute approximate surface area is 138 Å². The van der Waals surface area contributed by atoms with Crippen LogP contribution in [0.1, 0.15) is 50.6 Å². The smallest absolute Gasteiger partial charge is 0.235 e. The molecule has 0 spiro atoms. The van der Waals surface area contributed by atoms with Gasteiger partial charge in [-0.3, -0.25) is 9.00 Å². The lowest BCUT2D eigenvalue weighted by Crippen LogP contribution is -2.35. The Morgan fingerprint density at radius 2 is 1.91 bits per heavy atom. The average Bonchev–Trinajstić information content (AvgIpc) is 2.56. The van der Waals surface area contributed by atoms with E-state index in [0.717, 1.165) is 37.8 Å². The summed E-state index contributed by atoms with van der Waals surface area (Å²) in [5.41, 5.74) is 0.517. The van der Waals surface area contributed by atoms with Crippen molar-refractivity contribution in [3.8, 4) is 0 Å². The van der Waals surface area contributed by atoms with Gasteiger partial charge in [0, 0.05) is 23.1 Å². The fraction of sp³-hybridized carbons (Fsp3) is 0.588. The molecule has 2 rings (SSSR count). The first kappa shape index (κ1) is 18.0. The molecule has 23 heavy (non-hydrogen) atoms. The molecule has 1 fully saturated rings. The summed E-state index contributed by atoms with van der Waals surface area (Å²) in [6.45, 7) is 1.74. The van der Waals surface area contributed by atoms with E-state index in [1.807, 2.05) is 0 Å². The fourth-order valence-electron chi connectivity index (χ4n) is 2.88. The highest BCUT2D eigenvalue weighted by molar-refractivity contribution is 7.86. The van der Waals surface area contributed by atoms with Gasteiger partial charge in [-0.05, 0) is 37.5 Å². The fourth-order valence-corrected chi connectivity index (χ4v) is 4.42. The Hall–Kier alpha value is -1.30. The summed E-state index contributed by atoms with van der Waals surface area (Å²) in [6.07, 6.45) is 5.16. The molecule has 6 heteroatoms. The van der Waals surface area contributed by atoms with E-state index in [4.69, 9.17) is 0 Å². The zero-order valence-electron chi connectivity index (χ0n) is 13.6. The van der Waals surface area contributed by atoms with Crippen molar-refractivity contribution in [2.24, 2.45) is 0 Å². The van der Waals surface area contributed by atoms with Crippen LogP contribution in [-0.4, -0.2) is 33.1 Å². The van der Waals surface area contributed by atoms with Crippen LogP contribution in [0.5, 0.6) is 0 Å². The lowest BCUT2D eigenvalue weighted by Gasteiger charge is -2.27. The molecule has 0 aliphatic heterocycles. The summed E-state index contributed by atoms with van der Waals surface area (Å²) in [6, 6.07) is 3.22. The van der Waals surface area contributed by atoms with Gasteiger partial charge in [0.15, 0.2) is 11.6 Å². The van der Waals surface area contributed by atoms with Crippen molar-refractivity contribution >= 4 is 16.7 Å². The highest BCUT2D eigenvalue weighted by atomic mass is 32.2. The SMILES string of the molecule is C[C@H](c1ccc(F)c(F)c1)N(C)C(=O)C[S@@](=O)C1CCCCC1. The minimum atomic E-state index is -1.16. The minimum absolute atomic E-state index is 0.00478. The monoisotopic (exact) mass is 343 g/mol. The third-order valence-electron chi connectivity index (χ3n) is 4.59. The third-order valence-corrected chi connectivity index (χ3v) is 6.34. The van der Waals surface area contributed by atoms with Gasteiger partial charge >= 0.3 is 0 Å². The molecule has 0 heterocycles. The van der Waals surface area contributed by atoms with Gasteiger partial charge in [0.25, 0.3) is 0 Å². The van der Waals surface area contributed by atoms with Crippen LogP contribution in [0.15, 0.2) is 18.2 Å². The first-order valence-corrected chi connectivity index (χ1v) is 9.36. The first-order valence-electron chi connectivity index (χ1n) is 7.98. The number of carbonyl (C=O) groups excluding carboxylic acids is 1. The Bertz CT molecular complexity index is 588. The maximum Gasteiger partial charge on any atom is 0.235 e. The van der Waals surface area contributed by atoms with Gasteiger partial charge in [0.1, 0.15) is 5.75 Å². The van der Waals surface area contributed by atoms with Crippen molar-refractivity contribution < 1.29 is 17.8 Å². The number of hydrogen-bond acceptors (Lipinski definition) is 2. The molecule has 0 radical (unpaired) electrons. The van der Waals surface area contributed by atoms with Crippen molar-refractivity contribution in [2.75, 3.05) is 12.8 Å². The summed E-state index contributed by atoms with van der Waals surface area (Å²) in [5.74, 6) is -2.07. The van der Waals surface area contributed by atoms with E-state index in [1.165, 1.54) is 17.4 Å². The molecular weight excluding hydrogens is 320 g/mol. The van der Waals surface area contributed by atoms with E-state index >= 15 is 0 Å². The van der Waals surface area contributed by atoms with E-state index in [0.29, 0.717) is 5.56 Å².